The molecule has 40 heavy (non-hydrogen) atoms. The number of fused-ring (bicyclic) bond motifs is 1. The Kier molecular flexibility index (Phi) is 9.84. The first-order valence-corrected chi connectivity index (χ1v) is 14.9. The van der Waals surface area contributed by atoms with Crippen LogP contribution in [-0.2, 0) is 27.2 Å². The van der Waals surface area contributed by atoms with Crippen molar-refractivity contribution >= 4 is 23.1 Å². The summed E-state index contributed by atoms with van der Waals surface area (Å²) in [6.45, 7) is 7.65. The molecule has 210 valence electrons. The summed E-state index contributed by atoms with van der Waals surface area (Å²) in [4.78, 5) is 51.0. The molecule has 4 heteroatoms. The van der Waals surface area contributed by atoms with E-state index >= 15 is 0 Å². The van der Waals surface area contributed by atoms with Gasteiger partial charge in [-0.15, -0.1) is 0 Å². The first-order valence-electron chi connectivity index (χ1n) is 14.9. The molecule has 0 amide bonds. The lowest BCUT2D eigenvalue weighted by molar-refractivity contribution is -0.130. The number of carbonyl (C=O) groups is 4. The molecule has 0 saturated heterocycles. The Labute approximate surface area is 239 Å². The summed E-state index contributed by atoms with van der Waals surface area (Å²) >= 11 is 0. The van der Waals surface area contributed by atoms with E-state index in [0.717, 1.165) is 71.1 Å². The molecular formula is C36H42O4. The van der Waals surface area contributed by atoms with Crippen molar-refractivity contribution in [2.75, 3.05) is 0 Å². The molecule has 0 N–H and O–H groups in total. The van der Waals surface area contributed by atoms with Crippen LogP contribution in [0.15, 0.2) is 60.2 Å². The van der Waals surface area contributed by atoms with Gasteiger partial charge in [-0.2, -0.15) is 0 Å². The number of hydrogen-bond donors (Lipinski definition) is 0. The lowest BCUT2D eigenvalue weighted by Gasteiger charge is -2.32. The predicted molar refractivity (Wildman–Crippen MR) is 160 cm³/mol. The highest BCUT2D eigenvalue weighted by molar-refractivity contribution is 6.02. The zero-order chi connectivity index (χ0) is 28.8. The minimum absolute atomic E-state index is 0.00113. The molecule has 0 fully saturated rings. The van der Waals surface area contributed by atoms with Crippen LogP contribution >= 0.6 is 0 Å². The molecule has 0 aliphatic heterocycles. The van der Waals surface area contributed by atoms with Crippen LogP contribution in [0.3, 0.4) is 0 Å². The Bertz CT molecular complexity index is 1360. The van der Waals surface area contributed by atoms with Crippen LogP contribution in [0.1, 0.15) is 92.8 Å². The van der Waals surface area contributed by atoms with Crippen LogP contribution in [0, 0.1) is 24.7 Å². The summed E-state index contributed by atoms with van der Waals surface area (Å²) in [5, 5.41) is 0. The summed E-state index contributed by atoms with van der Waals surface area (Å²) in [7, 11) is 0. The van der Waals surface area contributed by atoms with Crippen molar-refractivity contribution in [3.05, 3.63) is 82.5 Å². The van der Waals surface area contributed by atoms with Gasteiger partial charge in [0.25, 0.3) is 0 Å². The van der Waals surface area contributed by atoms with Crippen LogP contribution < -0.4 is 0 Å². The summed E-state index contributed by atoms with van der Waals surface area (Å²) < 4.78 is 0. The molecule has 4 nitrogen and oxygen atoms in total. The smallest absolute Gasteiger partial charge is 0.163 e. The monoisotopic (exact) mass is 538 g/mol. The van der Waals surface area contributed by atoms with Crippen molar-refractivity contribution in [3.63, 3.8) is 0 Å². The SMILES string of the molecule is CCCC(CC1CC(=O)c2c(C)ccc(-c3cccc(CC(=O)C4=CC=CC4)c3)c2C1)C(CC)C(=O)CC(C)=O. The van der Waals surface area contributed by atoms with E-state index in [4.69, 9.17) is 0 Å². The van der Waals surface area contributed by atoms with Crippen molar-refractivity contribution in [2.45, 2.75) is 85.5 Å². The Morgan fingerprint density at radius 3 is 2.52 bits per heavy atom. The fourth-order valence-corrected chi connectivity index (χ4v) is 6.81. The van der Waals surface area contributed by atoms with E-state index in [2.05, 4.69) is 25.1 Å². The van der Waals surface area contributed by atoms with E-state index in [-0.39, 0.29) is 47.3 Å². The third-order valence-electron chi connectivity index (χ3n) is 8.64. The van der Waals surface area contributed by atoms with Gasteiger partial charge in [0.2, 0.25) is 0 Å². The largest absolute Gasteiger partial charge is 0.300 e. The number of hydrogen-bond acceptors (Lipinski definition) is 4. The average molecular weight is 539 g/mol. The molecule has 2 aromatic rings. The van der Waals surface area contributed by atoms with Crippen molar-refractivity contribution in [2.24, 2.45) is 17.8 Å². The molecule has 3 unspecified atom stereocenters. The molecule has 2 aliphatic carbocycles. The maximum atomic E-state index is 13.5. The minimum atomic E-state index is -0.142. The molecule has 0 saturated carbocycles. The highest BCUT2D eigenvalue weighted by atomic mass is 16.1. The van der Waals surface area contributed by atoms with E-state index in [0.29, 0.717) is 19.3 Å². The summed E-state index contributed by atoms with van der Waals surface area (Å²) in [5.41, 5.74) is 6.84. The van der Waals surface area contributed by atoms with E-state index < -0.39 is 0 Å². The second-order valence-electron chi connectivity index (χ2n) is 11.7. The summed E-state index contributed by atoms with van der Waals surface area (Å²) in [6.07, 6.45) is 11.6. The van der Waals surface area contributed by atoms with Gasteiger partial charge in [0.1, 0.15) is 11.6 Å². The van der Waals surface area contributed by atoms with Gasteiger partial charge in [-0.1, -0.05) is 81.3 Å². The Balaban J connectivity index is 1.61. The minimum Gasteiger partial charge on any atom is -0.300 e. The lowest BCUT2D eigenvalue weighted by Crippen LogP contribution is -2.30. The van der Waals surface area contributed by atoms with Gasteiger partial charge in [-0.3, -0.25) is 19.2 Å². The van der Waals surface area contributed by atoms with Crippen LogP contribution in [0.2, 0.25) is 0 Å². The van der Waals surface area contributed by atoms with Crippen LogP contribution in [0.5, 0.6) is 0 Å². The van der Waals surface area contributed by atoms with Crippen molar-refractivity contribution in [1.82, 2.24) is 0 Å². The van der Waals surface area contributed by atoms with Crippen molar-refractivity contribution < 1.29 is 19.2 Å². The Hall–Kier alpha value is -3.40. The standard InChI is InChI=1S/C36H42O4/c1-5-10-28(30(6-2)34(39)17-24(4)37)19-26-20-32-31(16-15-23(3)36(32)35(40)22-26)29-14-9-11-25(18-29)21-33(38)27-12-7-8-13-27/h7-9,11-12,14-16,18,26,28,30H,5-6,10,13,17,19-22H2,1-4H3. The average Bonchev–Trinajstić information content (AvgIpc) is 3.44. The number of Topliss-reactive ketones (excluding diaryl/α,β-unsaturated/α-hetero) is 4. The van der Waals surface area contributed by atoms with E-state index in [9.17, 15) is 19.2 Å². The predicted octanol–water partition coefficient (Wildman–Crippen LogP) is 7.79. The number of aryl methyl sites for hydroxylation is 1. The molecule has 2 aliphatic rings. The van der Waals surface area contributed by atoms with Gasteiger partial charge >= 0.3 is 0 Å². The van der Waals surface area contributed by atoms with Gasteiger partial charge in [0, 0.05) is 24.3 Å². The maximum Gasteiger partial charge on any atom is 0.163 e. The zero-order valence-electron chi connectivity index (χ0n) is 24.4. The van der Waals surface area contributed by atoms with E-state index in [1.54, 1.807) is 0 Å². The number of benzene rings is 2. The number of allylic oxidation sites excluding steroid dienone is 4. The topological polar surface area (TPSA) is 68.3 Å². The van der Waals surface area contributed by atoms with Crippen molar-refractivity contribution in [3.8, 4) is 11.1 Å². The lowest BCUT2D eigenvalue weighted by atomic mass is 9.71. The number of ketones is 4. The quantitative estimate of drug-likeness (QED) is 0.244. The highest BCUT2D eigenvalue weighted by Crippen LogP contribution is 2.40. The summed E-state index contributed by atoms with van der Waals surface area (Å²) in [5.74, 6) is 0.470. The molecule has 0 aromatic heterocycles. The first kappa shape index (κ1) is 29.6. The molecule has 3 atom stereocenters. The van der Waals surface area contributed by atoms with Gasteiger partial charge < -0.3 is 0 Å². The van der Waals surface area contributed by atoms with Crippen LogP contribution in [-0.4, -0.2) is 23.1 Å². The van der Waals surface area contributed by atoms with Gasteiger partial charge in [-0.25, -0.2) is 0 Å². The molecule has 0 heterocycles. The third-order valence-corrected chi connectivity index (χ3v) is 8.64. The van der Waals surface area contributed by atoms with Gasteiger partial charge in [-0.05, 0) is 84.8 Å². The highest BCUT2D eigenvalue weighted by Gasteiger charge is 2.34. The molecule has 0 radical (unpaired) electrons. The maximum absolute atomic E-state index is 13.5. The number of carbonyl (C=O) groups excluding carboxylic acids is 4. The third kappa shape index (κ3) is 6.83. The van der Waals surface area contributed by atoms with Crippen molar-refractivity contribution in [1.29, 1.82) is 0 Å². The molecule has 4 rings (SSSR count). The normalized spacial score (nSPS) is 17.8. The molecule has 0 bridgehead atoms. The second-order valence-corrected chi connectivity index (χ2v) is 11.7. The fraction of sp³-hybridized carbons (Fsp3) is 0.444. The molecule has 2 aromatic carbocycles. The second kappa shape index (κ2) is 13.3. The molecular weight excluding hydrogens is 496 g/mol. The van der Waals surface area contributed by atoms with Crippen LogP contribution in [0.4, 0.5) is 0 Å². The Morgan fingerprint density at radius 2 is 1.85 bits per heavy atom. The van der Waals surface area contributed by atoms with E-state index in [1.165, 1.54) is 6.92 Å². The zero-order valence-corrected chi connectivity index (χ0v) is 24.4. The summed E-state index contributed by atoms with van der Waals surface area (Å²) in [6, 6.07) is 12.3. The molecule has 0 spiro atoms. The van der Waals surface area contributed by atoms with Gasteiger partial charge in [0.05, 0.1) is 6.42 Å². The fourth-order valence-electron chi connectivity index (χ4n) is 6.81. The van der Waals surface area contributed by atoms with Crippen LogP contribution in [0.25, 0.3) is 11.1 Å². The van der Waals surface area contributed by atoms with E-state index in [1.807, 2.05) is 50.3 Å². The Morgan fingerprint density at radius 1 is 1.05 bits per heavy atom. The van der Waals surface area contributed by atoms with Gasteiger partial charge in [0.15, 0.2) is 11.6 Å². The first-order chi connectivity index (χ1) is 19.2. The number of rotatable bonds is 13.